The number of aromatic nitrogens is 1. The Bertz CT molecular complexity index is 504. The van der Waals surface area contributed by atoms with Crippen LogP contribution < -0.4 is 5.59 Å². The van der Waals surface area contributed by atoms with Gasteiger partial charge in [0.1, 0.15) is 0 Å². The van der Waals surface area contributed by atoms with Crippen molar-refractivity contribution >= 4 is 12.7 Å². The summed E-state index contributed by atoms with van der Waals surface area (Å²) < 4.78 is 11.8. The lowest BCUT2D eigenvalue weighted by Crippen LogP contribution is -2.41. The molecule has 2 heterocycles. The highest BCUT2D eigenvalue weighted by Crippen LogP contribution is 2.36. The molecule has 1 aromatic rings. The van der Waals surface area contributed by atoms with E-state index in [1.165, 1.54) is 0 Å². The van der Waals surface area contributed by atoms with Crippen molar-refractivity contribution in [1.82, 2.24) is 4.98 Å². The molecular formula is C13H17BN2O2. The predicted octanol–water partition coefficient (Wildman–Crippen LogP) is 1.56. The van der Waals surface area contributed by atoms with Gasteiger partial charge >= 0.3 is 7.12 Å². The highest BCUT2D eigenvalue weighted by molar-refractivity contribution is 6.61. The van der Waals surface area contributed by atoms with E-state index < -0.39 is 18.3 Å². The highest BCUT2D eigenvalue weighted by atomic mass is 16.7. The summed E-state index contributed by atoms with van der Waals surface area (Å²) in [6, 6.07) is 5.58. The van der Waals surface area contributed by atoms with E-state index in [1.54, 1.807) is 12.1 Å². The van der Waals surface area contributed by atoms with Crippen molar-refractivity contribution in [3.05, 3.63) is 23.4 Å². The van der Waals surface area contributed by atoms with Crippen molar-refractivity contribution in [3.8, 4) is 6.07 Å². The zero-order valence-electron chi connectivity index (χ0n) is 11.4. The van der Waals surface area contributed by atoms with E-state index in [9.17, 15) is 0 Å². The normalized spacial score (nSPS) is 20.8. The van der Waals surface area contributed by atoms with E-state index >= 15 is 0 Å². The van der Waals surface area contributed by atoms with Crippen molar-refractivity contribution in [2.24, 2.45) is 0 Å². The molecule has 0 N–H and O–H groups in total. The van der Waals surface area contributed by atoms with Crippen molar-refractivity contribution in [2.75, 3.05) is 0 Å². The lowest BCUT2D eigenvalue weighted by Gasteiger charge is -2.32. The summed E-state index contributed by atoms with van der Waals surface area (Å²) >= 11 is 0. The summed E-state index contributed by atoms with van der Waals surface area (Å²) in [7, 11) is -0.512. The molecule has 1 aliphatic rings. The van der Waals surface area contributed by atoms with Crippen molar-refractivity contribution in [3.63, 3.8) is 0 Å². The molecule has 0 aliphatic carbocycles. The SMILES string of the molecule is Cc1cc(C#N)cc(B2OC(C)(C)C(C)(C)O2)n1. The molecule has 1 fully saturated rings. The lowest BCUT2D eigenvalue weighted by atomic mass is 9.83. The summed E-state index contributed by atoms with van der Waals surface area (Å²) in [5.74, 6) is 0. The predicted molar refractivity (Wildman–Crippen MR) is 69.4 cm³/mol. The summed E-state index contributed by atoms with van der Waals surface area (Å²) in [5, 5.41) is 8.98. The molecular weight excluding hydrogens is 227 g/mol. The average molecular weight is 244 g/mol. The third kappa shape index (κ3) is 2.14. The Morgan fingerprint density at radius 2 is 1.72 bits per heavy atom. The first-order valence-corrected chi connectivity index (χ1v) is 5.99. The summed E-state index contributed by atoms with van der Waals surface area (Å²) in [5.41, 5.74) is 1.24. The third-order valence-corrected chi connectivity index (χ3v) is 3.60. The summed E-state index contributed by atoms with van der Waals surface area (Å²) in [6.07, 6.45) is 0. The molecule has 4 nitrogen and oxygen atoms in total. The Morgan fingerprint density at radius 3 is 2.22 bits per heavy atom. The molecule has 0 bridgehead atoms. The molecule has 18 heavy (non-hydrogen) atoms. The second-order valence-corrected chi connectivity index (χ2v) is 5.62. The molecule has 0 spiro atoms. The van der Waals surface area contributed by atoms with Gasteiger partial charge in [0.2, 0.25) is 0 Å². The topological polar surface area (TPSA) is 55.1 Å². The fraction of sp³-hybridized carbons (Fsp3) is 0.538. The van der Waals surface area contributed by atoms with Crippen LogP contribution in [-0.2, 0) is 9.31 Å². The van der Waals surface area contributed by atoms with Crippen LogP contribution in [0, 0.1) is 18.3 Å². The van der Waals surface area contributed by atoms with Crippen molar-refractivity contribution in [1.29, 1.82) is 5.26 Å². The molecule has 0 unspecified atom stereocenters. The summed E-state index contributed by atoms with van der Waals surface area (Å²) in [6.45, 7) is 9.83. The molecule has 0 amide bonds. The van der Waals surface area contributed by atoms with Gasteiger partial charge in [0, 0.05) is 5.69 Å². The molecule has 1 saturated heterocycles. The minimum Gasteiger partial charge on any atom is -0.398 e. The van der Waals surface area contributed by atoms with E-state index in [0.29, 0.717) is 11.2 Å². The van der Waals surface area contributed by atoms with E-state index in [2.05, 4.69) is 11.1 Å². The van der Waals surface area contributed by atoms with E-state index in [4.69, 9.17) is 14.6 Å². The molecule has 0 aromatic carbocycles. The summed E-state index contributed by atoms with van der Waals surface area (Å²) in [4.78, 5) is 4.39. The zero-order chi connectivity index (χ0) is 13.6. The van der Waals surface area contributed by atoms with Gasteiger partial charge in [-0.2, -0.15) is 5.26 Å². The lowest BCUT2D eigenvalue weighted by molar-refractivity contribution is 0.00578. The monoisotopic (exact) mass is 244 g/mol. The fourth-order valence-corrected chi connectivity index (χ4v) is 1.84. The molecule has 1 aliphatic heterocycles. The Balaban J connectivity index is 2.36. The first-order chi connectivity index (χ1) is 8.25. The number of rotatable bonds is 1. The van der Waals surface area contributed by atoms with Crippen LogP contribution >= 0.6 is 0 Å². The second-order valence-electron chi connectivity index (χ2n) is 5.62. The van der Waals surface area contributed by atoms with E-state index in [-0.39, 0.29) is 0 Å². The van der Waals surface area contributed by atoms with Crippen LogP contribution in [0.2, 0.25) is 0 Å². The standard InChI is InChI=1S/C13H17BN2O2/c1-9-6-10(8-15)7-11(16-9)14-17-12(2,3)13(4,5)18-14/h6-7H,1-5H3. The van der Waals surface area contributed by atoms with Crippen LogP contribution in [0.1, 0.15) is 39.0 Å². The first kappa shape index (κ1) is 13.1. The van der Waals surface area contributed by atoms with Crippen molar-refractivity contribution in [2.45, 2.75) is 45.8 Å². The van der Waals surface area contributed by atoms with Crippen LogP contribution in [0.15, 0.2) is 12.1 Å². The van der Waals surface area contributed by atoms with Gasteiger partial charge in [-0.25, -0.2) is 0 Å². The van der Waals surface area contributed by atoms with Gasteiger partial charge < -0.3 is 9.31 Å². The number of nitriles is 1. The van der Waals surface area contributed by atoms with Gasteiger partial charge in [-0.05, 0) is 46.8 Å². The van der Waals surface area contributed by atoms with E-state index in [1.807, 2.05) is 34.6 Å². The minimum atomic E-state index is -0.512. The average Bonchev–Trinajstić information content (AvgIpc) is 2.47. The number of aryl methyl sites for hydroxylation is 1. The maximum absolute atomic E-state index is 8.98. The minimum absolute atomic E-state index is 0.393. The molecule has 5 heteroatoms. The van der Waals surface area contributed by atoms with E-state index in [0.717, 1.165) is 5.69 Å². The zero-order valence-corrected chi connectivity index (χ0v) is 11.4. The maximum Gasteiger partial charge on any atom is 0.514 e. The third-order valence-electron chi connectivity index (χ3n) is 3.60. The molecule has 0 saturated carbocycles. The van der Waals surface area contributed by atoms with Gasteiger partial charge in [-0.15, -0.1) is 0 Å². The first-order valence-electron chi connectivity index (χ1n) is 5.99. The number of hydrogen-bond donors (Lipinski definition) is 0. The molecule has 0 radical (unpaired) electrons. The Morgan fingerprint density at radius 1 is 1.17 bits per heavy atom. The van der Waals surface area contributed by atoms with Crippen LogP contribution in [0.4, 0.5) is 0 Å². The van der Waals surface area contributed by atoms with Gasteiger partial charge in [-0.1, -0.05) is 0 Å². The van der Waals surface area contributed by atoms with Crippen LogP contribution in [-0.4, -0.2) is 23.3 Å². The van der Waals surface area contributed by atoms with Crippen LogP contribution in [0.25, 0.3) is 0 Å². The quantitative estimate of drug-likeness (QED) is 0.703. The molecule has 1 aromatic heterocycles. The number of nitrogens with zero attached hydrogens (tertiary/aromatic N) is 2. The number of pyridine rings is 1. The van der Waals surface area contributed by atoms with Crippen LogP contribution in [0.3, 0.4) is 0 Å². The molecule has 94 valence electrons. The Labute approximate surface area is 108 Å². The largest absolute Gasteiger partial charge is 0.514 e. The smallest absolute Gasteiger partial charge is 0.398 e. The number of hydrogen-bond acceptors (Lipinski definition) is 4. The van der Waals surface area contributed by atoms with Crippen molar-refractivity contribution < 1.29 is 9.31 Å². The van der Waals surface area contributed by atoms with Gasteiger partial charge in [0.25, 0.3) is 0 Å². The van der Waals surface area contributed by atoms with Gasteiger partial charge in [0.05, 0.1) is 28.4 Å². The Kier molecular flexibility index (Phi) is 2.96. The fourth-order valence-electron chi connectivity index (χ4n) is 1.84. The molecule has 2 rings (SSSR count). The highest BCUT2D eigenvalue weighted by Gasteiger charge is 2.52. The maximum atomic E-state index is 8.98. The Hall–Kier alpha value is -1.38. The molecule has 0 atom stereocenters. The van der Waals surface area contributed by atoms with Crippen LogP contribution in [0.5, 0.6) is 0 Å². The van der Waals surface area contributed by atoms with Gasteiger partial charge in [0.15, 0.2) is 0 Å². The van der Waals surface area contributed by atoms with Gasteiger partial charge in [-0.3, -0.25) is 4.98 Å². The second kappa shape index (κ2) is 4.08.